The molecule has 5 N–H and O–H groups in total. The van der Waals surface area contributed by atoms with E-state index in [1.54, 1.807) is 13.0 Å². The van der Waals surface area contributed by atoms with Crippen LogP contribution in [0, 0.1) is 6.92 Å². The largest absolute Gasteiger partial charge is 0.408 e. The summed E-state index contributed by atoms with van der Waals surface area (Å²) in [6, 6.07) is 4.62. The minimum Gasteiger partial charge on any atom is -0.408 e. The van der Waals surface area contributed by atoms with Crippen LogP contribution in [0.4, 0.5) is 17.4 Å². The lowest BCUT2D eigenvalue weighted by molar-refractivity contribution is 0.102. The van der Waals surface area contributed by atoms with Crippen molar-refractivity contribution >= 4 is 23.3 Å². The third-order valence-electron chi connectivity index (χ3n) is 1.99. The molecular weight excluding hydrogens is 222 g/mol. The summed E-state index contributed by atoms with van der Waals surface area (Å²) in [6.45, 7) is 1.63. The lowest BCUT2D eigenvalue weighted by Gasteiger charge is -2.03. The zero-order chi connectivity index (χ0) is 12.4. The number of aromatic nitrogens is 2. The lowest BCUT2D eigenvalue weighted by Crippen LogP contribution is -2.13. The molecule has 1 amide bonds. The number of hydrogen-bond acceptors (Lipinski definition) is 6. The molecule has 2 aromatic rings. The van der Waals surface area contributed by atoms with Crippen LogP contribution in [0.1, 0.15) is 16.2 Å². The molecule has 0 aliphatic heterocycles. The highest BCUT2D eigenvalue weighted by Gasteiger charge is 2.11. The molecule has 1 aromatic carbocycles. The van der Waals surface area contributed by atoms with Crippen LogP contribution in [0.5, 0.6) is 0 Å². The molecule has 17 heavy (non-hydrogen) atoms. The van der Waals surface area contributed by atoms with Gasteiger partial charge in [0.25, 0.3) is 5.91 Å². The Bertz CT molecular complexity index is 543. The Labute approximate surface area is 96.8 Å². The summed E-state index contributed by atoms with van der Waals surface area (Å²) < 4.78 is 5.02. The number of nitrogens with zero attached hydrogens (tertiary/aromatic N) is 2. The molecule has 0 unspecified atom stereocenters. The van der Waals surface area contributed by atoms with E-state index in [0.717, 1.165) is 0 Å². The zero-order valence-electron chi connectivity index (χ0n) is 9.10. The van der Waals surface area contributed by atoms with Crippen LogP contribution in [0.2, 0.25) is 0 Å². The first-order valence-electron chi connectivity index (χ1n) is 4.82. The highest BCUT2D eigenvalue weighted by molar-refractivity contribution is 6.04. The van der Waals surface area contributed by atoms with E-state index < -0.39 is 5.91 Å². The van der Waals surface area contributed by atoms with Crippen LogP contribution < -0.4 is 16.8 Å². The van der Waals surface area contributed by atoms with Gasteiger partial charge >= 0.3 is 6.01 Å². The van der Waals surface area contributed by atoms with Crippen LogP contribution in [0.25, 0.3) is 0 Å². The summed E-state index contributed by atoms with van der Waals surface area (Å²) in [5.74, 6) is -0.0416. The maximum absolute atomic E-state index is 11.8. The Morgan fingerprint density at radius 3 is 2.41 bits per heavy atom. The Kier molecular flexibility index (Phi) is 2.65. The number of nitrogen functional groups attached to an aromatic ring is 2. The number of carbonyl (C=O) groups is 1. The summed E-state index contributed by atoms with van der Waals surface area (Å²) in [5.41, 5.74) is 12.3. The third-order valence-corrected chi connectivity index (χ3v) is 1.99. The van der Waals surface area contributed by atoms with Gasteiger partial charge in [-0.3, -0.25) is 10.1 Å². The minimum atomic E-state index is -0.410. The van der Waals surface area contributed by atoms with E-state index in [0.29, 0.717) is 22.8 Å². The van der Waals surface area contributed by atoms with E-state index in [4.69, 9.17) is 15.9 Å². The first kappa shape index (κ1) is 10.9. The van der Waals surface area contributed by atoms with Gasteiger partial charge in [0.05, 0.1) is 0 Å². The molecular formula is C10H11N5O2. The number of hydrogen-bond donors (Lipinski definition) is 3. The van der Waals surface area contributed by atoms with E-state index in [-0.39, 0.29) is 6.01 Å². The molecule has 7 heteroatoms. The smallest absolute Gasteiger partial charge is 0.322 e. The number of nitrogens with two attached hydrogens (primary N) is 2. The number of benzene rings is 1. The first-order chi connectivity index (χ1) is 8.04. The Balaban J connectivity index is 2.19. The molecule has 88 valence electrons. The van der Waals surface area contributed by atoms with Crippen molar-refractivity contribution in [2.75, 3.05) is 16.8 Å². The summed E-state index contributed by atoms with van der Waals surface area (Å²) in [7, 11) is 0. The Morgan fingerprint density at radius 1 is 1.24 bits per heavy atom. The summed E-state index contributed by atoms with van der Waals surface area (Å²) in [6.07, 6.45) is 0. The second-order valence-electron chi connectivity index (χ2n) is 3.47. The predicted octanol–water partition coefficient (Wildman–Crippen LogP) is 0.795. The van der Waals surface area contributed by atoms with Gasteiger partial charge < -0.3 is 15.9 Å². The highest BCUT2D eigenvalue weighted by Crippen LogP contribution is 2.15. The fraction of sp³-hybridized carbons (Fsp3) is 0.100. The van der Waals surface area contributed by atoms with Crippen molar-refractivity contribution in [1.29, 1.82) is 0 Å². The number of anilines is 3. The van der Waals surface area contributed by atoms with E-state index >= 15 is 0 Å². The molecule has 0 aliphatic rings. The lowest BCUT2D eigenvalue weighted by atomic mass is 10.1. The summed E-state index contributed by atoms with van der Waals surface area (Å²) >= 11 is 0. The number of aryl methyl sites for hydroxylation is 1. The standard InChI is InChI=1S/C10H11N5O2/c1-5-14-15-10(17-5)13-9(16)6-2-7(11)4-8(12)3-6/h2-4H,11-12H2,1H3,(H,13,15,16). The molecule has 0 radical (unpaired) electrons. The van der Waals surface area contributed by atoms with E-state index in [1.807, 2.05) is 0 Å². The predicted molar refractivity (Wildman–Crippen MR) is 62.3 cm³/mol. The van der Waals surface area contributed by atoms with Crippen LogP contribution in [-0.2, 0) is 0 Å². The molecule has 0 saturated carbocycles. The van der Waals surface area contributed by atoms with Gasteiger partial charge in [0, 0.05) is 23.9 Å². The number of rotatable bonds is 2. The van der Waals surface area contributed by atoms with Gasteiger partial charge in [0.1, 0.15) is 0 Å². The minimum absolute atomic E-state index is 0.0356. The monoisotopic (exact) mass is 233 g/mol. The second-order valence-corrected chi connectivity index (χ2v) is 3.47. The van der Waals surface area contributed by atoms with Gasteiger partial charge in [-0.05, 0) is 18.2 Å². The van der Waals surface area contributed by atoms with E-state index in [1.165, 1.54) is 12.1 Å². The Hall–Kier alpha value is -2.57. The van der Waals surface area contributed by atoms with Crippen molar-refractivity contribution in [2.24, 2.45) is 0 Å². The molecule has 0 saturated heterocycles. The maximum atomic E-state index is 11.8. The van der Waals surface area contributed by atoms with Crippen LogP contribution in [0.15, 0.2) is 22.6 Å². The van der Waals surface area contributed by atoms with Crippen molar-refractivity contribution in [3.8, 4) is 0 Å². The average Bonchev–Trinajstić information content (AvgIpc) is 2.62. The SMILES string of the molecule is Cc1nnc(NC(=O)c2cc(N)cc(N)c2)o1. The van der Waals surface area contributed by atoms with Gasteiger partial charge in [-0.25, -0.2) is 0 Å². The Morgan fingerprint density at radius 2 is 1.88 bits per heavy atom. The second kappa shape index (κ2) is 4.12. The summed E-state index contributed by atoms with van der Waals surface area (Å²) in [5, 5.41) is 9.68. The topological polar surface area (TPSA) is 120 Å². The van der Waals surface area contributed by atoms with Gasteiger partial charge in [0.15, 0.2) is 0 Å². The van der Waals surface area contributed by atoms with Crippen LogP contribution >= 0.6 is 0 Å². The zero-order valence-corrected chi connectivity index (χ0v) is 9.10. The molecule has 0 aliphatic carbocycles. The maximum Gasteiger partial charge on any atom is 0.322 e. The quantitative estimate of drug-likeness (QED) is 0.659. The van der Waals surface area contributed by atoms with Crippen molar-refractivity contribution in [2.45, 2.75) is 6.92 Å². The van der Waals surface area contributed by atoms with Gasteiger partial charge in [-0.1, -0.05) is 5.10 Å². The van der Waals surface area contributed by atoms with Gasteiger partial charge in [-0.15, -0.1) is 5.10 Å². The van der Waals surface area contributed by atoms with E-state index in [2.05, 4.69) is 15.5 Å². The molecule has 2 rings (SSSR count). The third kappa shape index (κ3) is 2.51. The van der Waals surface area contributed by atoms with Crippen molar-refractivity contribution < 1.29 is 9.21 Å². The molecule has 1 heterocycles. The average molecular weight is 233 g/mol. The number of nitrogens with one attached hydrogen (secondary N) is 1. The molecule has 0 bridgehead atoms. The fourth-order valence-corrected chi connectivity index (χ4v) is 1.32. The van der Waals surface area contributed by atoms with Gasteiger partial charge in [0.2, 0.25) is 5.89 Å². The van der Waals surface area contributed by atoms with Crippen LogP contribution in [0.3, 0.4) is 0 Å². The van der Waals surface area contributed by atoms with Gasteiger partial charge in [-0.2, -0.15) is 0 Å². The molecule has 0 spiro atoms. The normalized spacial score (nSPS) is 10.2. The number of carbonyl (C=O) groups excluding carboxylic acids is 1. The van der Waals surface area contributed by atoms with Crippen molar-refractivity contribution in [3.05, 3.63) is 29.7 Å². The molecule has 0 atom stereocenters. The van der Waals surface area contributed by atoms with Crippen molar-refractivity contribution in [3.63, 3.8) is 0 Å². The molecule has 1 aromatic heterocycles. The summed E-state index contributed by atoms with van der Waals surface area (Å²) in [4.78, 5) is 11.8. The highest BCUT2D eigenvalue weighted by atomic mass is 16.4. The fourth-order valence-electron chi connectivity index (χ4n) is 1.32. The molecule has 0 fully saturated rings. The number of amides is 1. The van der Waals surface area contributed by atoms with Crippen molar-refractivity contribution in [1.82, 2.24) is 10.2 Å². The molecule has 7 nitrogen and oxygen atoms in total. The van der Waals surface area contributed by atoms with Crippen LogP contribution in [-0.4, -0.2) is 16.1 Å². The van der Waals surface area contributed by atoms with E-state index in [9.17, 15) is 4.79 Å². The first-order valence-corrected chi connectivity index (χ1v) is 4.82.